The molecule has 1 saturated heterocycles. The van der Waals surface area contributed by atoms with Crippen LogP contribution in [0.3, 0.4) is 0 Å². The summed E-state index contributed by atoms with van der Waals surface area (Å²) in [4.78, 5) is 7.28. The molecule has 1 saturated carbocycles. The molecule has 0 amide bonds. The number of hydrogen-bond acceptors (Lipinski definition) is 3. The van der Waals surface area contributed by atoms with Crippen LogP contribution in [0.25, 0.3) is 0 Å². The fourth-order valence-corrected chi connectivity index (χ4v) is 3.97. The Labute approximate surface area is 187 Å². The monoisotopic (exact) mass is 503 g/mol. The Kier molecular flexibility index (Phi) is 10.7. The van der Waals surface area contributed by atoms with Gasteiger partial charge in [-0.25, -0.2) is 0 Å². The Morgan fingerprint density at radius 3 is 2.68 bits per heavy atom. The lowest BCUT2D eigenvalue weighted by Gasteiger charge is -2.35. The number of halogens is 1. The quantitative estimate of drug-likeness (QED) is 0.313. The summed E-state index contributed by atoms with van der Waals surface area (Å²) in [7, 11) is 0. The minimum atomic E-state index is 0. The summed E-state index contributed by atoms with van der Waals surface area (Å²) in [6.45, 7) is 8.21. The number of likely N-dealkylation sites (tertiary alicyclic amines) is 1. The number of hydrogen-bond donors (Lipinski definition) is 1. The van der Waals surface area contributed by atoms with Crippen LogP contribution in [-0.2, 0) is 11.2 Å². The van der Waals surface area contributed by atoms with Crippen LogP contribution in [0.2, 0.25) is 0 Å². The Balaban J connectivity index is 0.00000280. The van der Waals surface area contributed by atoms with Crippen LogP contribution in [0.1, 0.15) is 64.6 Å². The Hall–Kier alpha value is -0.760. The highest BCUT2D eigenvalue weighted by Gasteiger charge is 2.24. The van der Waals surface area contributed by atoms with Gasteiger partial charge >= 0.3 is 0 Å². The first kappa shape index (κ1) is 23.5. The zero-order chi connectivity index (χ0) is 18.9. The molecule has 2 heterocycles. The van der Waals surface area contributed by atoms with Crippen molar-refractivity contribution in [1.29, 1.82) is 0 Å². The van der Waals surface area contributed by atoms with Crippen LogP contribution >= 0.6 is 24.0 Å². The summed E-state index contributed by atoms with van der Waals surface area (Å²) in [6, 6.07) is 4.39. The molecule has 6 heteroatoms. The molecule has 1 atom stereocenters. The minimum absolute atomic E-state index is 0. The molecule has 2 fully saturated rings. The van der Waals surface area contributed by atoms with Gasteiger partial charge in [-0.15, -0.1) is 24.0 Å². The summed E-state index contributed by atoms with van der Waals surface area (Å²) in [5.41, 5.74) is 0. The Morgan fingerprint density at radius 1 is 1.29 bits per heavy atom. The normalized spacial score (nSPS) is 20.2. The molecule has 1 aromatic heterocycles. The highest BCUT2D eigenvalue weighted by molar-refractivity contribution is 14.0. The van der Waals surface area contributed by atoms with E-state index in [2.05, 4.69) is 24.1 Å². The lowest BCUT2D eigenvalue weighted by molar-refractivity contribution is 0.000939. The van der Waals surface area contributed by atoms with Gasteiger partial charge in [0.05, 0.1) is 12.4 Å². The smallest absolute Gasteiger partial charge is 0.194 e. The molecule has 1 aliphatic heterocycles. The molecule has 1 aliphatic carbocycles. The first-order valence-electron chi connectivity index (χ1n) is 10.9. The summed E-state index contributed by atoms with van der Waals surface area (Å²) in [6.07, 6.45) is 11.8. The van der Waals surface area contributed by atoms with E-state index in [9.17, 15) is 0 Å². The predicted octanol–water partition coefficient (Wildman–Crippen LogP) is 4.86. The highest BCUT2D eigenvalue weighted by Crippen LogP contribution is 2.26. The van der Waals surface area contributed by atoms with Crippen LogP contribution in [0.5, 0.6) is 0 Å². The van der Waals surface area contributed by atoms with Crippen molar-refractivity contribution in [2.75, 3.05) is 26.2 Å². The lowest BCUT2D eigenvalue weighted by Crippen LogP contribution is -2.49. The molecule has 2 aliphatic rings. The molecule has 0 spiro atoms. The molecule has 0 radical (unpaired) electrons. The highest BCUT2D eigenvalue weighted by atomic mass is 127. The second kappa shape index (κ2) is 12.7. The third-order valence-corrected chi connectivity index (χ3v) is 5.97. The van der Waals surface area contributed by atoms with E-state index in [0.29, 0.717) is 12.1 Å². The molecule has 160 valence electrons. The molecule has 1 unspecified atom stereocenters. The second-order valence-electron chi connectivity index (χ2n) is 8.16. The van der Waals surface area contributed by atoms with Gasteiger partial charge in [0.25, 0.3) is 0 Å². The predicted molar refractivity (Wildman–Crippen MR) is 126 cm³/mol. The SMILES string of the molecule is CCC(C)NC(=NCCc1ccco1)N1CCC(OCC2CCCC2)CC1.I. The van der Waals surface area contributed by atoms with Gasteiger partial charge in [-0.2, -0.15) is 0 Å². The molecule has 3 rings (SSSR count). The maximum absolute atomic E-state index is 6.23. The minimum Gasteiger partial charge on any atom is -0.469 e. The van der Waals surface area contributed by atoms with E-state index in [4.69, 9.17) is 14.1 Å². The second-order valence-corrected chi connectivity index (χ2v) is 8.16. The summed E-state index contributed by atoms with van der Waals surface area (Å²) in [5.74, 6) is 2.86. The summed E-state index contributed by atoms with van der Waals surface area (Å²) < 4.78 is 11.7. The van der Waals surface area contributed by atoms with Crippen molar-refractivity contribution in [3.05, 3.63) is 24.2 Å². The molecule has 28 heavy (non-hydrogen) atoms. The van der Waals surface area contributed by atoms with Crippen LogP contribution in [0, 0.1) is 5.92 Å². The van der Waals surface area contributed by atoms with E-state index < -0.39 is 0 Å². The molecule has 0 aromatic carbocycles. The number of ether oxygens (including phenoxy) is 1. The number of aliphatic imine (C=N–C) groups is 1. The van der Waals surface area contributed by atoms with Crippen molar-refractivity contribution in [3.8, 4) is 0 Å². The van der Waals surface area contributed by atoms with Crippen LogP contribution in [0.15, 0.2) is 27.8 Å². The van der Waals surface area contributed by atoms with Crippen molar-refractivity contribution in [2.45, 2.75) is 77.4 Å². The van der Waals surface area contributed by atoms with Crippen molar-refractivity contribution in [1.82, 2.24) is 10.2 Å². The van der Waals surface area contributed by atoms with Crippen molar-refractivity contribution >= 4 is 29.9 Å². The van der Waals surface area contributed by atoms with Gasteiger partial charge < -0.3 is 19.4 Å². The van der Waals surface area contributed by atoms with Crippen molar-refractivity contribution < 1.29 is 9.15 Å². The number of rotatable bonds is 8. The van der Waals surface area contributed by atoms with Gasteiger partial charge in [0, 0.05) is 38.7 Å². The van der Waals surface area contributed by atoms with Gasteiger partial charge in [-0.05, 0) is 57.1 Å². The number of nitrogens with one attached hydrogen (secondary N) is 1. The van der Waals surface area contributed by atoms with E-state index in [1.807, 2.05) is 12.1 Å². The van der Waals surface area contributed by atoms with Crippen LogP contribution < -0.4 is 5.32 Å². The average molecular weight is 503 g/mol. The van der Waals surface area contributed by atoms with Crippen molar-refractivity contribution in [2.24, 2.45) is 10.9 Å². The van der Waals surface area contributed by atoms with Gasteiger partial charge in [0.15, 0.2) is 5.96 Å². The van der Waals surface area contributed by atoms with E-state index >= 15 is 0 Å². The average Bonchev–Trinajstić information content (AvgIpc) is 3.40. The molecular weight excluding hydrogens is 465 g/mol. The molecule has 5 nitrogen and oxygen atoms in total. The fraction of sp³-hybridized carbons (Fsp3) is 0.773. The van der Waals surface area contributed by atoms with Crippen molar-refractivity contribution in [3.63, 3.8) is 0 Å². The zero-order valence-electron chi connectivity index (χ0n) is 17.6. The molecular formula is C22H38IN3O2. The van der Waals surface area contributed by atoms with Gasteiger partial charge in [-0.1, -0.05) is 19.8 Å². The van der Waals surface area contributed by atoms with E-state index in [1.54, 1.807) is 6.26 Å². The maximum atomic E-state index is 6.23. The largest absolute Gasteiger partial charge is 0.469 e. The van der Waals surface area contributed by atoms with Gasteiger partial charge in [0.2, 0.25) is 0 Å². The maximum Gasteiger partial charge on any atom is 0.194 e. The van der Waals surface area contributed by atoms with Gasteiger partial charge in [-0.3, -0.25) is 4.99 Å². The zero-order valence-corrected chi connectivity index (χ0v) is 19.9. The third kappa shape index (κ3) is 7.58. The van der Waals surface area contributed by atoms with E-state index in [1.165, 1.54) is 25.7 Å². The van der Waals surface area contributed by atoms with E-state index in [0.717, 1.165) is 69.6 Å². The van der Waals surface area contributed by atoms with Gasteiger partial charge in [0.1, 0.15) is 5.76 Å². The Morgan fingerprint density at radius 2 is 2.04 bits per heavy atom. The van der Waals surface area contributed by atoms with Crippen LogP contribution in [-0.4, -0.2) is 49.2 Å². The summed E-state index contributed by atoms with van der Waals surface area (Å²) in [5, 5.41) is 3.61. The number of guanidine groups is 1. The number of piperidine rings is 1. The Bertz CT molecular complexity index is 550. The van der Waals surface area contributed by atoms with Crippen LogP contribution in [0.4, 0.5) is 0 Å². The van der Waals surface area contributed by atoms with E-state index in [-0.39, 0.29) is 24.0 Å². The third-order valence-electron chi connectivity index (χ3n) is 5.97. The summed E-state index contributed by atoms with van der Waals surface area (Å²) >= 11 is 0. The molecule has 1 aromatic rings. The molecule has 0 bridgehead atoms. The number of nitrogens with zero attached hydrogens (tertiary/aromatic N) is 2. The lowest BCUT2D eigenvalue weighted by atomic mass is 10.1. The first-order chi connectivity index (χ1) is 13.2. The first-order valence-corrected chi connectivity index (χ1v) is 10.9. The molecule has 1 N–H and O–H groups in total. The fourth-order valence-electron chi connectivity index (χ4n) is 3.97. The number of furan rings is 1. The topological polar surface area (TPSA) is 50.0 Å². The standard InChI is InChI=1S/C22H37N3O2.HI/c1-3-18(2)24-22(23-13-10-20-9-6-16-26-20)25-14-11-21(12-15-25)27-17-19-7-4-5-8-19;/h6,9,16,18-19,21H,3-5,7-8,10-15,17H2,1-2H3,(H,23,24);1H.